The van der Waals surface area contributed by atoms with Crippen molar-refractivity contribution >= 4 is 27.7 Å². The smallest absolute Gasteiger partial charge is 0.257 e. The fourth-order valence-electron chi connectivity index (χ4n) is 1.67. The zero-order valence-corrected chi connectivity index (χ0v) is 12.0. The number of nitrogens with one attached hydrogen (secondary N) is 1. The third kappa shape index (κ3) is 2.51. The Kier molecular flexibility index (Phi) is 3.67. The number of amides is 1. The summed E-state index contributed by atoms with van der Waals surface area (Å²) in [5, 5.41) is 15.6. The van der Waals surface area contributed by atoms with E-state index in [9.17, 15) is 4.79 Å². The zero-order valence-electron chi connectivity index (χ0n) is 10.4. The maximum absolute atomic E-state index is 12.2. The van der Waals surface area contributed by atoms with Gasteiger partial charge in [-0.25, -0.2) is 0 Å². The molecule has 2 aromatic rings. The molecule has 0 aliphatic heterocycles. The quantitative estimate of drug-likeness (QED) is 0.925. The van der Waals surface area contributed by atoms with Gasteiger partial charge in [0.1, 0.15) is 17.5 Å². The minimum atomic E-state index is -0.282. The molecule has 19 heavy (non-hydrogen) atoms. The highest BCUT2D eigenvalue weighted by atomic mass is 79.9. The molecule has 0 unspecified atom stereocenters. The van der Waals surface area contributed by atoms with E-state index in [0.717, 1.165) is 10.0 Å². The maximum atomic E-state index is 12.2. The topological polar surface area (TPSA) is 70.7 Å². The lowest BCUT2D eigenvalue weighted by molar-refractivity contribution is 0.102. The molecule has 1 aromatic heterocycles. The van der Waals surface area contributed by atoms with Gasteiger partial charge in [-0.05, 0) is 34.5 Å². The number of benzene rings is 1. The fourth-order valence-corrected chi connectivity index (χ4v) is 2.11. The van der Waals surface area contributed by atoms with Crippen LogP contribution >= 0.6 is 15.9 Å². The van der Waals surface area contributed by atoms with Crippen LogP contribution in [0.25, 0.3) is 0 Å². The molecule has 0 radical (unpaired) electrons. The monoisotopic (exact) mass is 318 g/mol. The van der Waals surface area contributed by atoms with Gasteiger partial charge < -0.3 is 5.32 Å². The van der Waals surface area contributed by atoms with Crippen LogP contribution in [0.2, 0.25) is 0 Å². The highest BCUT2D eigenvalue weighted by molar-refractivity contribution is 9.10. The first-order chi connectivity index (χ1) is 9.04. The van der Waals surface area contributed by atoms with E-state index < -0.39 is 0 Å². The summed E-state index contributed by atoms with van der Waals surface area (Å²) >= 11 is 3.39. The Hall–Kier alpha value is -2.13. The summed E-state index contributed by atoms with van der Waals surface area (Å²) in [4.78, 5) is 12.2. The number of rotatable bonds is 2. The molecule has 0 bridgehead atoms. The van der Waals surface area contributed by atoms with E-state index in [2.05, 4.69) is 26.3 Å². The van der Waals surface area contributed by atoms with E-state index in [1.165, 1.54) is 10.9 Å². The number of anilines is 1. The lowest BCUT2D eigenvalue weighted by atomic mass is 10.1. The van der Waals surface area contributed by atoms with Crippen LogP contribution in [0.3, 0.4) is 0 Å². The van der Waals surface area contributed by atoms with Crippen LogP contribution in [-0.2, 0) is 7.05 Å². The third-order valence-electron chi connectivity index (χ3n) is 2.73. The van der Waals surface area contributed by atoms with E-state index in [-0.39, 0.29) is 5.91 Å². The second-order valence-corrected chi connectivity index (χ2v) is 4.83. The number of hydrogen-bond acceptors (Lipinski definition) is 3. The molecule has 0 aliphatic rings. The van der Waals surface area contributed by atoms with Gasteiger partial charge in [-0.1, -0.05) is 12.1 Å². The van der Waals surface area contributed by atoms with Crippen molar-refractivity contribution in [3.8, 4) is 6.07 Å². The van der Waals surface area contributed by atoms with Gasteiger partial charge in [0.25, 0.3) is 5.91 Å². The standard InChI is InChI=1S/C13H11BrN4O/c1-8-4-3-5-10(11(8)14)13(19)17-12-9(6-15)7-16-18(12)2/h3-5,7H,1-2H3,(H,17,19). The van der Waals surface area contributed by atoms with Crippen molar-refractivity contribution in [1.29, 1.82) is 5.26 Å². The van der Waals surface area contributed by atoms with Gasteiger partial charge in [-0.15, -0.1) is 0 Å². The second-order valence-electron chi connectivity index (χ2n) is 4.03. The largest absolute Gasteiger partial charge is 0.306 e. The summed E-state index contributed by atoms with van der Waals surface area (Å²) in [6.45, 7) is 1.91. The molecule has 1 N–H and O–H groups in total. The Balaban J connectivity index is 2.34. The minimum Gasteiger partial charge on any atom is -0.306 e. The predicted octanol–water partition coefficient (Wildman–Crippen LogP) is 2.62. The number of aryl methyl sites for hydroxylation is 2. The molecule has 1 amide bonds. The van der Waals surface area contributed by atoms with Gasteiger partial charge in [0.05, 0.1) is 11.8 Å². The van der Waals surface area contributed by atoms with Crippen molar-refractivity contribution in [3.05, 3.63) is 45.6 Å². The summed E-state index contributed by atoms with van der Waals surface area (Å²) in [6, 6.07) is 7.42. The Labute approximate surface area is 119 Å². The first-order valence-electron chi connectivity index (χ1n) is 5.53. The molecule has 2 rings (SSSR count). The molecule has 0 saturated heterocycles. The Morgan fingerprint density at radius 2 is 2.26 bits per heavy atom. The van der Waals surface area contributed by atoms with E-state index in [1.54, 1.807) is 13.1 Å². The van der Waals surface area contributed by atoms with Crippen LogP contribution in [0.15, 0.2) is 28.9 Å². The molecule has 0 spiro atoms. The second kappa shape index (κ2) is 5.24. The van der Waals surface area contributed by atoms with Crippen LogP contribution in [0.1, 0.15) is 21.5 Å². The summed E-state index contributed by atoms with van der Waals surface area (Å²) in [6.07, 6.45) is 1.42. The number of hydrogen-bond donors (Lipinski definition) is 1. The first-order valence-corrected chi connectivity index (χ1v) is 6.32. The van der Waals surface area contributed by atoms with Gasteiger partial charge in [0, 0.05) is 11.5 Å². The van der Waals surface area contributed by atoms with Gasteiger partial charge in [0.2, 0.25) is 0 Å². The number of nitrogens with zero attached hydrogens (tertiary/aromatic N) is 3. The number of halogens is 1. The Bertz CT molecular complexity index is 684. The third-order valence-corrected chi connectivity index (χ3v) is 3.78. The van der Waals surface area contributed by atoms with E-state index in [0.29, 0.717) is 16.9 Å². The van der Waals surface area contributed by atoms with Crippen molar-refractivity contribution in [1.82, 2.24) is 9.78 Å². The van der Waals surface area contributed by atoms with Crippen LogP contribution in [0, 0.1) is 18.3 Å². The first kappa shape index (κ1) is 13.3. The molecule has 1 heterocycles. The summed E-state index contributed by atoms with van der Waals surface area (Å²) < 4.78 is 2.20. The van der Waals surface area contributed by atoms with Gasteiger partial charge >= 0.3 is 0 Å². The lowest BCUT2D eigenvalue weighted by Crippen LogP contribution is -2.16. The van der Waals surface area contributed by atoms with Crippen molar-refractivity contribution < 1.29 is 4.79 Å². The normalized spacial score (nSPS) is 10.0. The molecule has 0 atom stereocenters. The van der Waals surface area contributed by atoms with Gasteiger partial charge in [-0.2, -0.15) is 10.4 Å². The van der Waals surface area contributed by atoms with Crippen molar-refractivity contribution in [3.63, 3.8) is 0 Å². The lowest BCUT2D eigenvalue weighted by Gasteiger charge is -2.08. The summed E-state index contributed by atoms with van der Waals surface area (Å²) in [5.74, 6) is 0.108. The zero-order chi connectivity index (χ0) is 14.0. The molecule has 0 saturated carbocycles. The number of aromatic nitrogens is 2. The van der Waals surface area contributed by atoms with Crippen LogP contribution in [0.5, 0.6) is 0 Å². The minimum absolute atomic E-state index is 0.282. The molecular weight excluding hydrogens is 308 g/mol. The predicted molar refractivity (Wildman–Crippen MR) is 74.8 cm³/mol. The number of nitriles is 1. The Morgan fingerprint density at radius 3 is 2.95 bits per heavy atom. The van der Waals surface area contributed by atoms with Crippen LogP contribution in [0.4, 0.5) is 5.82 Å². The molecule has 1 aromatic carbocycles. The number of carbonyl (C=O) groups is 1. The molecule has 0 aliphatic carbocycles. The number of carbonyl (C=O) groups excluding carboxylic acids is 1. The molecule has 0 fully saturated rings. The van der Waals surface area contributed by atoms with E-state index in [1.807, 2.05) is 25.1 Å². The fraction of sp³-hybridized carbons (Fsp3) is 0.154. The highest BCUT2D eigenvalue weighted by Gasteiger charge is 2.15. The van der Waals surface area contributed by atoms with Gasteiger partial charge in [-0.3, -0.25) is 9.48 Å². The molecule has 6 heteroatoms. The molecule has 96 valence electrons. The average molecular weight is 319 g/mol. The van der Waals surface area contributed by atoms with Crippen molar-refractivity contribution in [2.24, 2.45) is 7.05 Å². The average Bonchev–Trinajstić information content (AvgIpc) is 2.74. The summed E-state index contributed by atoms with van der Waals surface area (Å²) in [5.41, 5.74) is 1.82. The SMILES string of the molecule is Cc1cccc(C(=O)Nc2c(C#N)cnn2C)c1Br. The van der Waals surface area contributed by atoms with Crippen LogP contribution < -0.4 is 5.32 Å². The van der Waals surface area contributed by atoms with Crippen molar-refractivity contribution in [2.75, 3.05) is 5.32 Å². The molecular formula is C13H11BrN4O. The maximum Gasteiger partial charge on any atom is 0.257 e. The van der Waals surface area contributed by atoms with Gasteiger partial charge in [0.15, 0.2) is 0 Å². The summed E-state index contributed by atoms with van der Waals surface area (Å²) in [7, 11) is 1.67. The Morgan fingerprint density at radius 1 is 1.53 bits per heavy atom. The molecule has 5 nitrogen and oxygen atoms in total. The highest BCUT2D eigenvalue weighted by Crippen LogP contribution is 2.22. The van der Waals surface area contributed by atoms with Crippen molar-refractivity contribution in [2.45, 2.75) is 6.92 Å². The van der Waals surface area contributed by atoms with Crippen LogP contribution in [-0.4, -0.2) is 15.7 Å². The van der Waals surface area contributed by atoms with E-state index >= 15 is 0 Å². The van der Waals surface area contributed by atoms with E-state index in [4.69, 9.17) is 5.26 Å².